The van der Waals surface area contributed by atoms with E-state index in [4.69, 9.17) is 11.6 Å². The van der Waals surface area contributed by atoms with Gasteiger partial charge in [0.05, 0.1) is 5.02 Å². The summed E-state index contributed by atoms with van der Waals surface area (Å²) < 4.78 is 0.839. The molecule has 86 valence electrons. The summed E-state index contributed by atoms with van der Waals surface area (Å²) in [6.45, 7) is 0. The van der Waals surface area contributed by atoms with E-state index in [1.54, 1.807) is 6.07 Å². The summed E-state index contributed by atoms with van der Waals surface area (Å²) in [5.41, 5.74) is 0.736. The van der Waals surface area contributed by atoms with Crippen LogP contribution in [0.2, 0.25) is 5.02 Å². The Morgan fingerprint density at radius 3 is 2.69 bits per heavy atom. The lowest BCUT2D eigenvalue weighted by molar-refractivity contribution is 0.0962. The zero-order chi connectivity index (χ0) is 11.5. The summed E-state index contributed by atoms with van der Waals surface area (Å²) in [6, 6.07) is 5.43. The first kappa shape index (κ1) is 12.1. The maximum absolute atomic E-state index is 12.0. The van der Waals surface area contributed by atoms with Crippen molar-refractivity contribution in [1.29, 1.82) is 0 Å². The fraction of sp³-hybridized carbons (Fsp3) is 0.462. The van der Waals surface area contributed by atoms with E-state index in [2.05, 4.69) is 15.9 Å². The van der Waals surface area contributed by atoms with E-state index in [-0.39, 0.29) is 5.78 Å². The Morgan fingerprint density at radius 1 is 1.38 bits per heavy atom. The molecule has 0 amide bonds. The molecule has 1 aliphatic carbocycles. The van der Waals surface area contributed by atoms with Crippen LogP contribution in [0.25, 0.3) is 0 Å². The van der Waals surface area contributed by atoms with E-state index in [1.807, 2.05) is 12.1 Å². The molecule has 0 atom stereocenters. The van der Waals surface area contributed by atoms with E-state index in [1.165, 1.54) is 25.7 Å². The molecule has 1 aliphatic rings. The number of benzene rings is 1. The number of halogens is 2. The molecule has 0 N–H and O–H groups in total. The lowest BCUT2D eigenvalue weighted by Gasteiger charge is -2.08. The molecule has 0 aromatic heterocycles. The van der Waals surface area contributed by atoms with Crippen LogP contribution in [0.3, 0.4) is 0 Å². The summed E-state index contributed by atoms with van der Waals surface area (Å²) in [7, 11) is 0. The van der Waals surface area contributed by atoms with Crippen LogP contribution < -0.4 is 0 Å². The molecule has 0 spiro atoms. The monoisotopic (exact) mass is 300 g/mol. The molecule has 1 saturated carbocycles. The predicted octanol–water partition coefficient (Wildman–Crippen LogP) is 4.87. The minimum Gasteiger partial charge on any atom is -0.294 e. The molecular formula is C13H14BrClO. The van der Waals surface area contributed by atoms with Crippen molar-refractivity contribution < 1.29 is 4.79 Å². The number of rotatable bonds is 3. The molecule has 2 rings (SSSR count). The van der Waals surface area contributed by atoms with E-state index in [0.717, 1.165) is 10.0 Å². The summed E-state index contributed by atoms with van der Waals surface area (Å²) >= 11 is 9.30. The standard InChI is InChI=1S/C13H14BrClO/c14-11-6-5-10(8-12(11)15)13(16)7-9-3-1-2-4-9/h5-6,8-9H,1-4,7H2. The largest absolute Gasteiger partial charge is 0.294 e. The van der Waals surface area contributed by atoms with E-state index in [9.17, 15) is 4.79 Å². The maximum atomic E-state index is 12.0. The Hall–Kier alpha value is -0.340. The molecule has 1 nitrogen and oxygen atoms in total. The quantitative estimate of drug-likeness (QED) is 0.728. The second-order valence-electron chi connectivity index (χ2n) is 4.41. The second-order valence-corrected chi connectivity index (χ2v) is 5.67. The molecule has 16 heavy (non-hydrogen) atoms. The number of Topliss-reactive ketones (excluding diaryl/α,β-unsaturated/α-hetero) is 1. The lowest BCUT2D eigenvalue weighted by atomic mass is 9.97. The van der Waals surface area contributed by atoms with Gasteiger partial charge in [-0.25, -0.2) is 0 Å². The van der Waals surface area contributed by atoms with Crippen molar-refractivity contribution in [3.63, 3.8) is 0 Å². The fourth-order valence-corrected chi connectivity index (χ4v) is 2.69. The van der Waals surface area contributed by atoms with Gasteiger partial charge in [0.1, 0.15) is 0 Å². The second kappa shape index (κ2) is 5.33. The molecular weight excluding hydrogens is 287 g/mol. The van der Waals surface area contributed by atoms with Crippen molar-refractivity contribution >= 4 is 33.3 Å². The highest BCUT2D eigenvalue weighted by atomic mass is 79.9. The van der Waals surface area contributed by atoms with Gasteiger partial charge < -0.3 is 0 Å². The lowest BCUT2D eigenvalue weighted by Crippen LogP contribution is -2.05. The third kappa shape index (κ3) is 2.86. The van der Waals surface area contributed by atoms with Crippen LogP contribution in [0.1, 0.15) is 42.5 Å². The van der Waals surface area contributed by atoms with Crippen LogP contribution in [-0.2, 0) is 0 Å². The third-order valence-electron chi connectivity index (χ3n) is 3.19. The van der Waals surface area contributed by atoms with Crippen molar-refractivity contribution in [1.82, 2.24) is 0 Å². The maximum Gasteiger partial charge on any atom is 0.163 e. The van der Waals surface area contributed by atoms with Crippen molar-refractivity contribution in [2.24, 2.45) is 5.92 Å². The van der Waals surface area contributed by atoms with Gasteiger partial charge in [-0.15, -0.1) is 0 Å². The number of carbonyl (C=O) groups is 1. The van der Waals surface area contributed by atoms with Gasteiger partial charge in [-0.2, -0.15) is 0 Å². The van der Waals surface area contributed by atoms with Crippen molar-refractivity contribution in [3.05, 3.63) is 33.3 Å². The summed E-state index contributed by atoms with van der Waals surface area (Å²) in [5.74, 6) is 0.816. The van der Waals surface area contributed by atoms with Gasteiger partial charge in [-0.05, 0) is 34.0 Å². The molecule has 0 aliphatic heterocycles. The minimum atomic E-state index is 0.223. The number of carbonyl (C=O) groups excluding carboxylic acids is 1. The Kier molecular flexibility index (Phi) is 4.04. The van der Waals surface area contributed by atoms with Crippen LogP contribution in [0.15, 0.2) is 22.7 Å². The van der Waals surface area contributed by atoms with Crippen molar-refractivity contribution in [2.45, 2.75) is 32.1 Å². The molecule has 0 radical (unpaired) electrons. The van der Waals surface area contributed by atoms with Gasteiger partial charge in [0.25, 0.3) is 0 Å². The number of hydrogen-bond donors (Lipinski definition) is 0. The predicted molar refractivity (Wildman–Crippen MR) is 70.1 cm³/mol. The van der Waals surface area contributed by atoms with Gasteiger partial charge in [-0.1, -0.05) is 43.4 Å². The first-order valence-corrected chi connectivity index (χ1v) is 6.82. The van der Waals surface area contributed by atoms with E-state index < -0.39 is 0 Å². The van der Waals surface area contributed by atoms with Crippen LogP contribution >= 0.6 is 27.5 Å². The summed E-state index contributed by atoms with van der Waals surface area (Å²) in [5, 5.41) is 0.609. The highest BCUT2D eigenvalue weighted by molar-refractivity contribution is 9.10. The first-order valence-electron chi connectivity index (χ1n) is 5.65. The molecule has 3 heteroatoms. The molecule has 1 aromatic rings. The van der Waals surface area contributed by atoms with Crippen LogP contribution in [0.5, 0.6) is 0 Å². The molecule has 0 unspecified atom stereocenters. The van der Waals surface area contributed by atoms with Crippen molar-refractivity contribution in [2.75, 3.05) is 0 Å². The van der Waals surface area contributed by atoms with Crippen LogP contribution in [0.4, 0.5) is 0 Å². The highest BCUT2D eigenvalue weighted by Gasteiger charge is 2.19. The highest BCUT2D eigenvalue weighted by Crippen LogP contribution is 2.30. The summed E-state index contributed by atoms with van der Waals surface area (Å²) in [4.78, 5) is 12.0. The number of ketones is 1. The fourth-order valence-electron chi connectivity index (χ4n) is 2.26. The van der Waals surface area contributed by atoms with Gasteiger partial charge in [0, 0.05) is 16.5 Å². The zero-order valence-corrected chi connectivity index (χ0v) is 11.4. The first-order chi connectivity index (χ1) is 7.66. The average Bonchev–Trinajstić information content (AvgIpc) is 2.74. The van der Waals surface area contributed by atoms with Crippen LogP contribution in [0, 0.1) is 5.92 Å². The molecule has 1 aromatic carbocycles. The Balaban J connectivity index is 2.05. The molecule has 0 saturated heterocycles. The smallest absolute Gasteiger partial charge is 0.163 e. The Bertz CT molecular complexity index is 397. The normalized spacial score (nSPS) is 16.6. The summed E-state index contributed by atoms with van der Waals surface area (Å²) in [6.07, 6.45) is 5.64. The van der Waals surface area contributed by atoms with E-state index >= 15 is 0 Å². The topological polar surface area (TPSA) is 17.1 Å². The van der Waals surface area contributed by atoms with Gasteiger partial charge >= 0.3 is 0 Å². The zero-order valence-electron chi connectivity index (χ0n) is 9.01. The van der Waals surface area contributed by atoms with Crippen molar-refractivity contribution in [3.8, 4) is 0 Å². The van der Waals surface area contributed by atoms with E-state index in [0.29, 0.717) is 17.4 Å². The Labute approximate surface area is 109 Å². The SMILES string of the molecule is O=C(CC1CCCC1)c1ccc(Br)c(Cl)c1. The number of hydrogen-bond acceptors (Lipinski definition) is 1. The molecule has 1 fully saturated rings. The minimum absolute atomic E-state index is 0.223. The van der Waals surface area contributed by atoms with Crippen LogP contribution in [-0.4, -0.2) is 5.78 Å². The molecule has 0 bridgehead atoms. The third-order valence-corrected chi connectivity index (χ3v) is 4.42. The Morgan fingerprint density at radius 2 is 2.06 bits per heavy atom. The van der Waals surface area contributed by atoms with Gasteiger partial charge in [0.2, 0.25) is 0 Å². The molecule has 0 heterocycles. The average molecular weight is 302 g/mol. The van der Waals surface area contributed by atoms with Gasteiger partial charge in [-0.3, -0.25) is 4.79 Å². The van der Waals surface area contributed by atoms with Gasteiger partial charge in [0.15, 0.2) is 5.78 Å².